The van der Waals surface area contributed by atoms with E-state index in [0.717, 1.165) is 4.57 Å². The van der Waals surface area contributed by atoms with Gasteiger partial charge >= 0.3 is 6.18 Å². The smallest absolute Gasteiger partial charge is 0.359 e. The lowest BCUT2D eigenvalue weighted by Crippen LogP contribution is -2.47. The van der Waals surface area contributed by atoms with E-state index in [9.17, 15) is 18.0 Å². The number of hydrogen-bond donors (Lipinski definition) is 2. The predicted molar refractivity (Wildman–Crippen MR) is 67.0 cm³/mol. The number of amides is 1. The van der Waals surface area contributed by atoms with Crippen molar-refractivity contribution in [2.24, 2.45) is 5.73 Å². The Morgan fingerprint density at radius 3 is 2.71 bits per heavy atom. The fourth-order valence-electron chi connectivity index (χ4n) is 2.38. The zero-order valence-corrected chi connectivity index (χ0v) is 11.5. The van der Waals surface area contributed by atoms with Crippen LogP contribution in [0.3, 0.4) is 0 Å². The minimum absolute atomic E-state index is 0.126. The lowest BCUT2D eigenvalue weighted by atomic mass is 10.1. The maximum atomic E-state index is 12.7. The minimum atomic E-state index is -4.51. The van der Waals surface area contributed by atoms with Crippen LogP contribution >= 0.6 is 0 Å². The van der Waals surface area contributed by atoms with Crippen molar-refractivity contribution in [1.82, 2.24) is 25.0 Å². The summed E-state index contributed by atoms with van der Waals surface area (Å²) < 4.78 is 39.3. The zero-order chi connectivity index (χ0) is 15.6. The van der Waals surface area contributed by atoms with Crippen LogP contribution in [0.4, 0.5) is 13.2 Å². The lowest BCUT2D eigenvalue weighted by Gasteiger charge is -2.33. The van der Waals surface area contributed by atoms with Gasteiger partial charge < -0.3 is 15.6 Å². The largest absolute Gasteiger partial charge is 0.451 e. The molecule has 7 nitrogen and oxygen atoms in total. The summed E-state index contributed by atoms with van der Waals surface area (Å²) in [5.74, 6) is -0.898. The molecule has 1 amide bonds. The van der Waals surface area contributed by atoms with E-state index in [1.807, 2.05) is 4.90 Å². The second kappa shape index (κ2) is 5.98. The van der Waals surface area contributed by atoms with Crippen LogP contribution in [0, 0.1) is 0 Å². The summed E-state index contributed by atoms with van der Waals surface area (Å²) >= 11 is 0. The first-order chi connectivity index (χ1) is 9.86. The topological polar surface area (TPSA) is 89.1 Å². The van der Waals surface area contributed by atoms with Gasteiger partial charge in [0.1, 0.15) is 5.82 Å². The van der Waals surface area contributed by atoms with Crippen molar-refractivity contribution in [3.05, 3.63) is 11.6 Å². The molecular weight excluding hydrogens is 289 g/mol. The van der Waals surface area contributed by atoms with Gasteiger partial charge in [0, 0.05) is 39.1 Å². The first kappa shape index (κ1) is 15.7. The number of halogens is 3. The van der Waals surface area contributed by atoms with Crippen molar-refractivity contribution in [2.45, 2.75) is 31.7 Å². The standard InChI is InChI=1S/C11H17F3N6O/c1-16-9(21)4-7(5-15)19-2-3-20-8(6-19)17-18-10(20)11(12,13)14/h7H,2-6,15H2,1H3,(H,16,21). The van der Waals surface area contributed by atoms with Crippen molar-refractivity contribution in [3.8, 4) is 0 Å². The molecule has 118 valence electrons. The highest BCUT2D eigenvalue weighted by molar-refractivity contribution is 5.76. The molecule has 21 heavy (non-hydrogen) atoms. The molecule has 0 saturated carbocycles. The van der Waals surface area contributed by atoms with Crippen LogP contribution in [-0.4, -0.2) is 51.8 Å². The van der Waals surface area contributed by atoms with Gasteiger partial charge in [-0.3, -0.25) is 9.69 Å². The molecule has 0 bridgehead atoms. The van der Waals surface area contributed by atoms with E-state index in [2.05, 4.69) is 15.5 Å². The zero-order valence-electron chi connectivity index (χ0n) is 11.5. The first-order valence-corrected chi connectivity index (χ1v) is 6.50. The Bertz CT molecular complexity index is 515. The van der Waals surface area contributed by atoms with Crippen LogP contribution in [0.1, 0.15) is 18.1 Å². The summed E-state index contributed by atoms with van der Waals surface area (Å²) in [6.45, 7) is 0.935. The molecule has 1 unspecified atom stereocenters. The van der Waals surface area contributed by atoms with Gasteiger partial charge in [0.25, 0.3) is 0 Å². The summed E-state index contributed by atoms with van der Waals surface area (Å²) in [6.07, 6.45) is -4.31. The number of hydrogen-bond acceptors (Lipinski definition) is 5. The molecule has 0 saturated heterocycles. The van der Waals surface area contributed by atoms with Crippen molar-refractivity contribution in [1.29, 1.82) is 0 Å². The van der Waals surface area contributed by atoms with Crippen LogP contribution < -0.4 is 11.1 Å². The third-order valence-electron chi connectivity index (χ3n) is 3.52. The van der Waals surface area contributed by atoms with Crippen LogP contribution in [-0.2, 0) is 24.1 Å². The molecule has 0 aromatic carbocycles. The Kier molecular flexibility index (Phi) is 4.47. The fraction of sp³-hybridized carbons (Fsp3) is 0.727. The predicted octanol–water partition coefficient (Wildman–Crippen LogP) is -0.424. The lowest BCUT2D eigenvalue weighted by molar-refractivity contribution is -0.148. The number of nitrogens with one attached hydrogen (secondary N) is 1. The Labute approximate surface area is 119 Å². The van der Waals surface area contributed by atoms with Gasteiger partial charge in [0.05, 0.1) is 6.54 Å². The summed E-state index contributed by atoms with van der Waals surface area (Å²) in [5.41, 5.74) is 5.66. The van der Waals surface area contributed by atoms with Gasteiger partial charge in [-0.2, -0.15) is 13.2 Å². The molecule has 0 aliphatic carbocycles. The quantitative estimate of drug-likeness (QED) is 0.788. The third kappa shape index (κ3) is 3.32. The molecule has 0 spiro atoms. The number of nitrogens with zero attached hydrogens (tertiary/aromatic N) is 4. The number of nitrogens with two attached hydrogens (primary N) is 1. The van der Waals surface area contributed by atoms with E-state index in [0.29, 0.717) is 6.54 Å². The molecule has 2 rings (SSSR count). The second-order valence-corrected chi connectivity index (χ2v) is 4.83. The summed E-state index contributed by atoms with van der Waals surface area (Å²) in [4.78, 5) is 13.3. The van der Waals surface area contributed by atoms with Gasteiger partial charge in [-0.25, -0.2) is 0 Å². The number of carbonyl (C=O) groups is 1. The van der Waals surface area contributed by atoms with Crippen molar-refractivity contribution < 1.29 is 18.0 Å². The summed E-state index contributed by atoms with van der Waals surface area (Å²) in [5, 5.41) is 9.32. The van der Waals surface area contributed by atoms with Crippen LogP contribution in [0.25, 0.3) is 0 Å². The SMILES string of the molecule is CNC(=O)CC(CN)N1CCn2c(nnc2C(F)(F)F)C1. The first-order valence-electron chi connectivity index (χ1n) is 6.50. The maximum absolute atomic E-state index is 12.7. The fourth-order valence-corrected chi connectivity index (χ4v) is 2.38. The Hall–Kier alpha value is -1.68. The number of alkyl halides is 3. The van der Waals surface area contributed by atoms with Gasteiger partial charge in [-0.15, -0.1) is 10.2 Å². The van der Waals surface area contributed by atoms with Gasteiger partial charge in [-0.05, 0) is 0 Å². The van der Waals surface area contributed by atoms with E-state index < -0.39 is 12.0 Å². The number of fused-ring (bicyclic) bond motifs is 1. The molecule has 10 heteroatoms. The van der Waals surface area contributed by atoms with Crippen LogP contribution in [0.15, 0.2) is 0 Å². The highest BCUT2D eigenvalue weighted by atomic mass is 19.4. The van der Waals surface area contributed by atoms with E-state index in [1.54, 1.807) is 0 Å². The van der Waals surface area contributed by atoms with Gasteiger partial charge in [-0.1, -0.05) is 0 Å². The van der Waals surface area contributed by atoms with E-state index in [-0.39, 0.29) is 43.8 Å². The van der Waals surface area contributed by atoms with Crippen molar-refractivity contribution in [2.75, 3.05) is 20.1 Å². The molecular formula is C11H17F3N6O. The molecule has 1 aliphatic heterocycles. The van der Waals surface area contributed by atoms with Gasteiger partial charge in [0.15, 0.2) is 0 Å². The molecule has 1 aliphatic rings. The number of rotatable bonds is 4. The van der Waals surface area contributed by atoms with Crippen LogP contribution in [0.5, 0.6) is 0 Å². The normalized spacial score (nSPS) is 17.4. The van der Waals surface area contributed by atoms with Crippen molar-refractivity contribution in [3.63, 3.8) is 0 Å². The molecule has 3 N–H and O–H groups in total. The van der Waals surface area contributed by atoms with E-state index >= 15 is 0 Å². The molecule has 0 radical (unpaired) electrons. The Morgan fingerprint density at radius 1 is 1.43 bits per heavy atom. The third-order valence-corrected chi connectivity index (χ3v) is 3.52. The monoisotopic (exact) mass is 306 g/mol. The van der Waals surface area contributed by atoms with E-state index in [1.165, 1.54) is 7.05 Å². The summed E-state index contributed by atoms with van der Waals surface area (Å²) in [7, 11) is 1.53. The highest BCUT2D eigenvalue weighted by Gasteiger charge is 2.40. The maximum Gasteiger partial charge on any atom is 0.451 e. The number of aromatic nitrogens is 3. The molecule has 1 atom stereocenters. The van der Waals surface area contributed by atoms with E-state index in [4.69, 9.17) is 5.73 Å². The average Bonchev–Trinajstić information content (AvgIpc) is 2.87. The van der Waals surface area contributed by atoms with Crippen molar-refractivity contribution >= 4 is 5.91 Å². The van der Waals surface area contributed by atoms with Gasteiger partial charge in [0.2, 0.25) is 11.7 Å². The molecule has 0 fully saturated rings. The molecule has 2 heterocycles. The Morgan fingerprint density at radius 2 is 2.14 bits per heavy atom. The summed E-state index contributed by atoms with van der Waals surface area (Å²) in [6, 6.07) is -0.232. The Balaban J connectivity index is 2.12. The number of carbonyl (C=O) groups excluding carboxylic acids is 1. The van der Waals surface area contributed by atoms with Crippen LogP contribution in [0.2, 0.25) is 0 Å². The minimum Gasteiger partial charge on any atom is -0.359 e. The molecule has 1 aromatic rings. The molecule has 1 aromatic heterocycles. The highest BCUT2D eigenvalue weighted by Crippen LogP contribution is 2.29. The average molecular weight is 306 g/mol. The second-order valence-electron chi connectivity index (χ2n) is 4.83.